The molecule has 0 unspecified atom stereocenters. The number of nitrogens with zero attached hydrogens (tertiary/aromatic N) is 1. The van der Waals surface area contributed by atoms with Crippen molar-refractivity contribution in [2.24, 2.45) is 0 Å². The monoisotopic (exact) mass is 465 g/mol. The molecule has 0 aliphatic heterocycles. The summed E-state index contributed by atoms with van der Waals surface area (Å²) in [6.45, 7) is 8.87. The molecule has 0 radical (unpaired) electrons. The Bertz CT molecular complexity index is 1180. The van der Waals surface area contributed by atoms with Crippen molar-refractivity contribution in [2.75, 3.05) is 0 Å². The van der Waals surface area contributed by atoms with Gasteiger partial charge in [-0.15, -0.1) is 0 Å². The van der Waals surface area contributed by atoms with E-state index in [1.807, 2.05) is 93.6 Å². The van der Waals surface area contributed by atoms with E-state index in [1.165, 1.54) is 11.2 Å². The lowest BCUT2D eigenvalue weighted by atomic mass is 10.0. The summed E-state index contributed by atoms with van der Waals surface area (Å²) < 4.78 is 35.4. The van der Waals surface area contributed by atoms with Crippen molar-refractivity contribution in [3.05, 3.63) is 101 Å². The van der Waals surface area contributed by atoms with E-state index in [0.29, 0.717) is 16.0 Å². The molecule has 0 bridgehead atoms. The Morgan fingerprint density at radius 3 is 1.94 bits per heavy atom. The second-order valence-electron chi connectivity index (χ2n) is 8.45. The second kappa shape index (κ2) is 10.3. The van der Waals surface area contributed by atoms with Gasteiger partial charge >= 0.3 is 5.97 Å². The third-order valence-corrected chi connectivity index (χ3v) is 7.90. The zero-order chi connectivity index (χ0) is 24.2. The summed E-state index contributed by atoms with van der Waals surface area (Å²) >= 11 is 0. The van der Waals surface area contributed by atoms with Crippen molar-refractivity contribution < 1.29 is 17.9 Å². The Hall–Kier alpha value is -2.96. The molecule has 0 fully saturated rings. The molecule has 0 heterocycles. The third kappa shape index (κ3) is 5.70. The number of hydrogen-bond acceptors (Lipinski definition) is 4. The minimum Gasteiger partial charge on any atom is -0.456 e. The van der Waals surface area contributed by atoms with Crippen LogP contribution in [0.5, 0.6) is 0 Å². The number of esters is 1. The summed E-state index contributed by atoms with van der Waals surface area (Å²) in [5, 5.41) is 0. The van der Waals surface area contributed by atoms with Crippen LogP contribution >= 0.6 is 0 Å². The van der Waals surface area contributed by atoms with Crippen LogP contribution in [0.3, 0.4) is 0 Å². The Kier molecular flexibility index (Phi) is 7.72. The van der Waals surface area contributed by atoms with Gasteiger partial charge in [0.2, 0.25) is 10.0 Å². The fraction of sp³-hybridized carbons (Fsp3) is 0.296. The Morgan fingerprint density at radius 2 is 1.42 bits per heavy atom. The van der Waals surface area contributed by atoms with E-state index in [2.05, 4.69) is 0 Å². The number of rotatable bonds is 8. The third-order valence-electron chi connectivity index (χ3n) is 5.67. The minimum atomic E-state index is -3.92. The lowest BCUT2D eigenvalue weighted by Crippen LogP contribution is -2.43. The fourth-order valence-corrected chi connectivity index (χ4v) is 6.35. The maximum absolute atomic E-state index is 14.1. The minimum absolute atomic E-state index is 0.154. The lowest BCUT2D eigenvalue weighted by Gasteiger charge is -2.34. The van der Waals surface area contributed by atoms with Crippen LogP contribution in [0.15, 0.2) is 77.7 Å². The highest BCUT2D eigenvalue weighted by Crippen LogP contribution is 2.33. The highest BCUT2D eigenvalue weighted by Gasteiger charge is 2.37. The van der Waals surface area contributed by atoms with Crippen molar-refractivity contribution in [2.45, 2.75) is 58.2 Å². The Labute approximate surface area is 197 Å². The van der Waals surface area contributed by atoms with E-state index in [0.717, 1.165) is 16.7 Å². The molecule has 3 aromatic carbocycles. The van der Waals surface area contributed by atoms with Gasteiger partial charge < -0.3 is 4.74 Å². The van der Waals surface area contributed by atoms with E-state index in [-0.39, 0.29) is 6.54 Å². The highest BCUT2D eigenvalue weighted by atomic mass is 32.2. The lowest BCUT2D eigenvalue weighted by molar-refractivity contribution is -0.149. The van der Waals surface area contributed by atoms with Gasteiger partial charge in [0.15, 0.2) is 0 Å². The predicted molar refractivity (Wildman–Crippen MR) is 130 cm³/mol. The first kappa shape index (κ1) is 24.7. The largest absolute Gasteiger partial charge is 0.456 e. The van der Waals surface area contributed by atoms with Gasteiger partial charge in [0.05, 0.1) is 10.9 Å². The first-order valence-corrected chi connectivity index (χ1v) is 12.4. The Balaban J connectivity index is 2.15. The first-order chi connectivity index (χ1) is 15.6. The maximum atomic E-state index is 14.1. The van der Waals surface area contributed by atoms with E-state index in [1.54, 1.807) is 6.92 Å². The number of sulfonamides is 1. The highest BCUT2D eigenvalue weighted by molar-refractivity contribution is 7.89. The van der Waals surface area contributed by atoms with Crippen LogP contribution in [0.1, 0.15) is 47.8 Å². The number of benzene rings is 3. The number of ether oxygens (including phenoxy) is 1. The van der Waals surface area contributed by atoms with Crippen LogP contribution in [-0.2, 0) is 26.1 Å². The number of hydrogen-bond donors (Lipinski definition) is 0. The summed E-state index contributed by atoms with van der Waals surface area (Å²) in [6, 6.07) is 21.8. The van der Waals surface area contributed by atoms with Gasteiger partial charge in [0, 0.05) is 13.5 Å². The summed E-state index contributed by atoms with van der Waals surface area (Å²) in [7, 11) is -3.92. The Morgan fingerprint density at radius 1 is 0.909 bits per heavy atom. The molecular formula is C27H31NO4S. The molecule has 174 valence electrons. The molecule has 0 aliphatic rings. The fourth-order valence-electron chi connectivity index (χ4n) is 4.32. The maximum Gasteiger partial charge on any atom is 0.303 e. The van der Waals surface area contributed by atoms with Crippen LogP contribution in [0.4, 0.5) is 0 Å². The van der Waals surface area contributed by atoms with Gasteiger partial charge in [-0.3, -0.25) is 4.79 Å². The summed E-state index contributed by atoms with van der Waals surface area (Å²) in [5.41, 5.74) is 3.99. The van der Waals surface area contributed by atoms with Crippen molar-refractivity contribution in [1.29, 1.82) is 0 Å². The number of carbonyl (C=O) groups is 1. The molecule has 0 saturated heterocycles. The second-order valence-corrected chi connectivity index (χ2v) is 10.3. The molecule has 0 N–H and O–H groups in total. The van der Waals surface area contributed by atoms with Gasteiger partial charge in [-0.2, -0.15) is 4.31 Å². The summed E-state index contributed by atoms with van der Waals surface area (Å²) in [6.07, 6.45) is -0.756. The molecule has 0 saturated carbocycles. The average Bonchev–Trinajstić information content (AvgIpc) is 2.75. The average molecular weight is 466 g/mol. The van der Waals surface area contributed by atoms with Crippen LogP contribution in [0, 0.1) is 20.8 Å². The zero-order valence-corrected chi connectivity index (χ0v) is 20.6. The molecule has 0 spiro atoms. The van der Waals surface area contributed by atoms with Crippen molar-refractivity contribution in [3.63, 3.8) is 0 Å². The number of aryl methyl sites for hydroxylation is 3. The molecule has 6 heteroatoms. The number of carbonyl (C=O) groups excluding carboxylic acids is 1. The molecule has 0 aromatic heterocycles. The molecule has 33 heavy (non-hydrogen) atoms. The molecule has 3 aromatic rings. The van der Waals surface area contributed by atoms with Crippen LogP contribution in [0.25, 0.3) is 0 Å². The van der Waals surface area contributed by atoms with E-state index in [4.69, 9.17) is 4.74 Å². The van der Waals surface area contributed by atoms with Crippen molar-refractivity contribution >= 4 is 16.0 Å². The smallest absolute Gasteiger partial charge is 0.303 e. The molecule has 5 nitrogen and oxygen atoms in total. The predicted octanol–water partition coefficient (Wildman–Crippen LogP) is 5.50. The topological polar surface area (TPSA) is 63.7 Å². The van der Waals surface area contributed by atoms with Gasteiger partial charge in [0.1, 0.15) is 6.10 Å². The standard InChI is InChI=1S/C27H31NO4S/c1-19-16-20(2)27(21(3)17-19)33(30,31)28(18-24-12-8-6-9-13-24)22(4)26(32-23(5)29)25-14-10-7-11-15-25/h6-17,22,26H,18H2,1-5H3/t22-,26-/m0/s1. The van der Waals surface area contributed by atoms with Gasteiger partial charge in [-0.1, -0.05) is 78.4 Å². The van der Waals surface area contributed by atoms with E-state index in [9.17, 15) is 13.2 Å². The molecular weight excluding hydrogens is 434 g/mol. The first-order valence-electron chi connectivity index (χ1n) is 11.0. The van der Waals surface area contributed by atoms with Crippen LogP contribution in [0.2, 0.25) is 0 Å². The van der Waals surface area contributed by atoms with Gasteiger partial charge in [-0.05, 0) is 49.9 Å². The van der Waals surface area contributed by atoms with E-state index >= 15 is 0 Å². The SMILES string of the molecule is CC(=O)O[C@H](c1ccccc1)[C@H](C)N(Cc1ccccc1)S(=O)(=O)c1c(C)cc(C)cc1C. The van der Waals surface area contributed by atoms with Gasteiger partial charge in [-0.25, -0.2) is 8.42 Å². The summed E-state index contributed by atoms with van der Waals surface area (Å²) in [4.78, 5) is 12.3. The quantitative estimate of drug-likeness (QED) is 0.412. The zero-order valence-electron chi connectivity index (χ0n) is 19.8. The molecule has 2 atom stereocenters. The van der Waals surface area contributed by atoms with Crippen molar-refractivity contribution in [1.82, 2.24) is 4.31 Å². The molecule has 0 aliphatic carbocycles. The molecule has 0 amide bonds. The van der Waals surface area contributed by atoms with Crippen molar-refractivity contribution in [3.8, 4) is 0 Å². The van der Waals surface area contributed by atoms with Gasteiger partial charge in [0.25, 0.3) is 0 Å². The van der Waals surface area contributed by atoms with Crippen LogP contribution < -0.4 is 0 Å². The van der Waals surface area contributed by atoms with Crippen LogP contribution in [-0.4, -0.2) is 24.7 Å². The summed E-state index contributed by atoms with van der Waals surface area (Å²) in [5.74, 6) is -0.463. The normalized spacial score (nSPS) is 13.5. The molecule has 3 rings (SSSR count). The van der Waals surface area contributed by atoms with E-state index < -0.39 is 28.1 Å².